The van der Waals surface area contributed by atoms with Gasteiger partial charge in [0.15, 0.2) is 17.5 Å². The highest BCUT2D eigenvalue weighted by atomic mass is 35.5. The van der Waals surface area contributed by atoms with Gasteiger partial charge in [-0.05, 0) is 12.5 Å². The lowest BCUT2D eigenvalue weighted by Crippen LogP contribution is -2.45. The Kier molecular flexibility index (Phi) is 7.16. The highest BCUT2D eigenvalue weighted by molar-refractivity contribution is 5.85. The van der Waals surface area contributed by atoms with Crippen LogP contribution in [-0.4, -0.2) is 37.3 Å². The molecule has 0 spiro atoms. The Morgan fingerprint density at radius 1 is 1.04 bits per heavy atom. The van der Waals surface area contributed by atoms with Crippen molar-refractivity contribution in [3.63, 3.8) is 0 Å². The van der Waals surface area contributed by atoms with Crippen molar-refractivity contribution in [2.75, 3.05) is 26.2 Å². The number of benzene rings is 1. The van der Waals surface area contributed by atoms with E-state index in [1.165, 1.54) is 0 Å². The van der Waals surface area contributed by atoms with Crippen molar-refractivity contribution < 1.29 is 26.3 Å². The number of hydrogen-bond acceptors (Lipinski definition) is 2. The van der Waals surface area contributed by atoms with E-state index in [0.717, 1.165) is 12.1 Å². The number of alkyl halides is 3. The summed E-state index contributed by atoms with van der Waals surface area (Å²) in [5.74, 6) is -4.41. The number of rotatable bonds is 4. The lowest BCUT2D eigenvalue weighted by molar-refractivity contribution is -0.138. The zero-order valence-electron chi connectivity index (χ0n) is 12.1. The van der Waals surface area contributed by atoms with Gasteiger partial charge in [0.1, 0.15) is 0 Å². The van der Waals surface area contributed by atoms with E-state index < -0.39 is 42.5 Å². The van der Waals surface area contributed by atoms with Gasteiger partial charge in [-0.3, -0.25) is 4.90 Å². The normalized spacial score (nSPS) is 17.7. The SMILES string of the molecule is Cl.Fc1ccc([C@H](CCC(F)(F)F)N2CCNCC2)c(F)c1F. The Morgan fingerprint density at radius 3 is 2.22 bits per heavy atom. The van der Waals surface area contributed by atoms with E-state index in [9.17, 15) is 26.3 Å². The van der Waals surface area contributed by atoms with Crippen LogP contribution in [0.4, 0.5) is 26.3 Å². The van der Waals surface area contributed by atoms with E-state index in [2.05, 4.69) is 5.32 Å². The zero-order valence-corrected chi connectivity index (χ0v) is 12.9. The molecule has 2 rings (SSSR count). The predicted octanol–water partition coefficient (Wildman–Crippen LogP) is 3.81. The van der Waals surface area contributed by atoms with Gasteiger partial charge in [0.2, 0.25) is 0 Å². The highest BCUT2D eigenvalue weighted by Gasteiger charge is 2.33. The lowest BCUT2D eigenvalue weighted by Gasteiger charge is -2.35. The maximum atomic E-state index is 13.9. The molecule has 1 N–H and O–H groups in total. The van der Waals surface area contributed by atoms with Crippen molar-refractivity contribution in [2.24, 2.45) is 0 Å². The minimum Gasteiger partial charge on any atom is -0.314 e. The molecule has 0 amide bonds. The molecule has 0 aliphatic carbocycles. The van der Waals surface area contributed by atoms with Crippen LogP contribution in [0.5, 0.6) is 0 Å². The molecule has 1 aliphatic heterocycles. The molecule has 0 bridgehead atoms. The Hall–Kier alpha value is -0.990. The summed E-state index contributed by atoms with van der Waals surface area (Å²) in [7, 11) is 0. The summed E-state index contributed by atoms with van der Waals surface area (Å²) >= 11 is 0. The smallest absolute Gasteiger partial charge is 0.314 e. The number of nitrogens with one attached hydrogen (secondary N) is 1. The van der Waals surface area contributed by atoms with Crippen LogP contribution in [0.15, 0.2) is 12.1 Å². The van der Waals surface area contributed by atoms with Crippen LogP contribution in [0.25, 0.3) is 0 Å². The van der Waals surface area contributed by atoms with E-state index in [4.69, 9.17) is 0 Å². The average Bonchev–Trinajstić information content (AvgIpc) is 2.47. The van der Waals surface area contributed by atoms with E-state index >= 15 is 0 Å². The van der Waals surface area contributed by atoms with Gasteiger partial charge in [-0.1, -0.05) is 6.07 Å². The van der Waals surface area contributed by atoms with Gasteiger partial charge in [0.25, 0.3) is 0 Å². The van der Waals surface area contributed by atoms with Gasteiger partial charge in [-0.15, -0.1) is 12.4 Å². The third kappa shape index (κ3) is 5.26. The molecule has 1 saturated heterocycles. The summed E-state index contributed by atoms with van der Waals surface area (Å²) in [6.45, 7) is 1.93. The third-order valence-electron chi connectivity index (χ3n) is 3.72. The Bertz CT molecular complexity index is 517. The third-order valence-corrected chi connectivity index (χ3v) is 3.72. The minimum absolute atomic E-state index is 0. The maximum Gasteiger partial charge on any atom is 0.389 e. The van der Waals surface area contributed by atoms with Gasteiger partial charge >= 0.3 is 6.18 Å². The van der Waals surface area contributed by atoms with Crippen LogP contribution in [0, 0.1) is 17.5 Å². The Morgan fingerprint density at radius 2 is 1.65 bits per heavy atom. The monoisotopic (exact) mass is 362 g/mol. The van der Waals surface area contributed by atoms with Crippen LogP contribution in [0.2, 0.25) is 0 Å². The van der Waals surface area contributed by atoms with Gasteiger partial charge in [0, 0.05) is 44.2 Å². The lowest BCUT2D eigenvalue weighted by atomic mass is 9.98. The van der Waals surface area contributed by atoms with Crippen LogP contribution in [0.3, 0.4) is 0 Å². The predicted molar refractivity (Wildman–Crippen MR) is 76.0 cm³/mol. The Balaban J connectivity index is 0.00000264. The summed E-state index contributed by atoms with van der Waals surface area (Å²) in [5, 5.41) is 3.04. The topological polar surface area (TPSA) is 15.3 Å². The molecule has 0 unspecified atom stereocenters. The first kappa shape index (κ1) is 20.1. The molecule has 132 valence electrons. The molecule has 1 heterocycles. The molecule has 0 aromatic heterocycles. The van der Waals surface area contributed by atoms with Crippen molar-refractivity contribution in [1.82, 2.24) is 10.2 Å². The van der Waals surface area contributed by atoms with Crippen molar-refractivity contribution in [3.05, 3.63) is 35.1 Å². The van der Waals surface area contributed by atoms with Gasteiger partial charge in [-0.2, -0.15) is 13.2 Å². The van der Waals surface area contributed by atoms with Gasteiger partial charge in [0.05, 0.1) is 0 Å². The van der Waals surface area contributed by atoms with Crippen LogP contribution >= 0.6 is 12.4 Å². The molecule has 1 aromatic carbocycles. The summed E-state index contributed by atoms with van der Waals surface area (Å²) in [6.07, 6.45) is -5.90. The molecule has 1 aliphatic rings. The van der Waals surface area contributed by atoms with E-state index in [1.807, 2.05) is 0 Å². The second-order valence-corrected chi connectivity index (χ2v) is 5.22. The molecular formula is C14H17ClF6N2. The molecule has 9 heteroatoms. The fourth-order valence-corrected chi connectivity index (χ4v) is 2.63. The fourth-order valence-electron chi connectivity index (χ4n) is 2.63. The second kappa shape index (κ2) is 8.21. The van der Waals surface area contributed by atoms with Gasteiger partial charge in [-0.25, -0.2) is 13.2 Å². The van der Waals surface area contributed by atoms with Crippen molar-refractivity contribution in [3.8, 4) is 0 Å². The first-order chi connectivity index (χ1) is 10.3. The van der Waals surface area contributed by atoms with Crippen molar-refractivity contribution in [1.29, 1.82) is 0 Å². The van der Waals surface area contributed by atoms with E-state index in [1.54, 1.807) is 4.90 Å². The largest absolute Gasteiger partial charge is 0.389 e. The average molecular weight is 363 g/mol. The zero-order chi connectivity index (χ0) is 16.3. The Labute approximate surface area is 136 Å². The second-order valence-electron chi connectivity index (χ2n) is 5.22. The molecule has 23 heavy (non-hydrogen) atoms. The first-order valence-corrected chi connectivity index (χ1v) is 6.94. The summed E-state index contributed by atoms with van der Waals surface area (Å²) in [5.41, 5.74) is -0.231. The molecule has 1 aromatic rings. The molecular weight excluding hydrogens is 346 g/mol. The van der Waals surface area contributed by atoms with Crippen LogP contribution < -0.4 is 5.32 Å². The maximum absolute atomic E-state index is 13.9. The fraction of sp³-hybridized carbons (Fsp3) is 0.571. The number of nitrogens with zero attached hydrogens (tertiary/aromatic N) is 1. The van der Waals surface area contributed by atoms with E-state index in [0.29, 0.717) is 26.2 Å². The van der Waals surface area contributed by atoms with Crippen molar-refractivity contribution >= 4 is 12.4 Å². The molecule has 2 nitrogen and oxygen atoms in total. The van der Waals surface area contributed by atoms with Crippen LogP contribution in [-0.2, 0) is 0 Å². The van der Waals surface area contributed by atoms with Crippen molar-refractivity contribution in [2.45, 2.75) is 25.1 Å². The minimum atomic E-state index is -4.39. The van der Waals surface area contributed by atoms with Crippen LogP contribution in [0.1, 0.15) is 24.4 Å². The summed E-state index contributed by atoms with van der Waals surface area (Å²) < 4.78 is 77.8. The molecule has 1 fully saturated rings. The molecule has 1 atom stereocenters. The van der Waals surface area contributed by atoms with E-state index in [-0.39, 0.29) is 18.0 Å². The number of halogens is 7. The standard InChI is InChI=1S/C14H16F6N2.ClH/c15-10-2-1-9(12(16)13(10)17)11(3-4-14(18,19)20)22-7-5-21-6-8-22;/h1-2,11,21H,3-8H2;1H/t11-;/m0./s1. The highest BCUT2D eigenvalue weighted by Crippen LogP contribution is 2.33. The summed E-state index contributed by atoms with van der Waals surface area (Å²) in [6, 6.07) is 0.840. The number of hydrogen-bond donors (Lipinski definition) is 1. The quantitative estimate of drug-likeness (QED) is 0.647. The summed E-state index contributed by atoms with van der Waals surface area (Å²) in [4.78, 5) is 1.66. The first-order valence-electron chi connectivity index (χ1n) is 6.94. The molecule has 0 saturated carbocycles. The number of piperazine rings is 1. The van der Waals surface area contributed by atoms with Gasteiger partial charge < -0.3 is 5.32 Å². The molecule has 0 radical (unpaired) electrons.